The number of aromatic hydroxyl groups is 1. The van der Waals surface area contributed by atoms with E-state index in [1.807, 2.05) is 0 Å². The minimum Gasteiger partial charge on any atom is -0.508 e. The van der Waals surface area contributed by atoms with Gasteiger partial charge in [-0.1, -0.05) is 11.6 Å². The second-order valence-corrected chi connectivity index (χ2v) is 8.58. The van der Waals surface area contributed by atoms with Crippen LogP contribution in [0.15, 0.2) is 47.4 Å². The number of β-amino-alcohol motifs (C(OH)–C–C–N with tert-alkyl or cyclic N) is 1. The van der Waals surface area contributed by atoms with Crippen molar-refractivity contribution in [3.63, 3.8) is 0 Å². The van der Waals surface area contributed by atoms with Gasteiger partial charge in [0.25, 0.3) is 0 Å². The molecule has 0 saturated carbocycles. The topological polar surface area (TPSA) is 122 Å². The van der Waals surface area contributed by atoms with Crippen LogP contribution in [0.5, 0.6) is 5.75 Å². The summed E-state index contributed by atoms with van der Waals surface area (Å²) < 4.78 is 38.1. The van der Waals surface area contributed by atoms with Crippen molar-refractivity contribution in [1.82, 2.24) is 4.31 Å². The Morgan fingerprint density at radius 1 is 1.25 bits per heavy atom. The number of sulfonamides is 1. The molecule has 1 aliphatic rings. The van der Waals surface area contributed by atoms with Crippen molar-refractivity contribution < 1.29 is 28.1 Å². The number of hydrogen-bond acceptors (Lipinski definition) is 6. The van der Waals surface area contributed by atoms with Gasteiger partial charge in [-0.15, -0.1) is 0 Å². The van der Waals surface area contributed by atoms with Crippen LogP contribution in [-0.4, -0.2) is 53.3 Å². The van der Waals surface area contributed by atoms with Crippen LogP contribution in [0.1, 0.15) is 12.0 Å². The monoisotopic (exact) mass is 428 g/mol. The van der Waals surface area contributed by atoms with Crippen LogP contribution < -0.4 is 0 Å². The molecule has 1 atom stereocenters. The molecule has 150 valence electrons. The predicted molar refractivity (Wildman–Crippen MR) is 99.6 cm³/mol. The van der Waals surface area contributed by atoms with Gasteiger partial charge in [0.15, 0.2) is 0 Å². The van der Waals surface area contributed by atoms with E-state index in [1.165, 1.54) is 40.7 Å². The maximum absolute atomic E-state index is 12.5. The Kier molecular flexibility index (Phi) is 6.98. The number of benzene rings is 2. The summed E-state index contributed by atoms with van der Waals surface area (Å²) in [5.74, 6) is -0.862. The Morgan fingerprint density at radius 3 is 2.39 bits per heavy atom. The van der Waals surface area contributed by atoms with Gasteiger partial charge in [0.2, 0.25) is 10.0 Å². The third kappa shape index (κ3) is 5.19. The predicted octanol–water partition coefficient (Wildman–Crippen LogP) is 1.86. The van der Waals surface area contributed by atoms with E-state index in [-0.39, 0.29) is 35.7 Å². The lowest BCUT2D eigenvalue weighted by atomic mass is 10.1. The number of aliphatic hydroxyl groups is 2. The quantitative estimate of drug-likeness (QED) is 0.686. The molecule has 28 heavy (non-hydrogen) atoms. The van der Waals surface area contributed by atoms with Crippen molar-refractivity contribution in [2.24, 2.45) is 0 Å². The molecule has 0 bridgehead atoms. The number of phenolic OH excluding ortho intramolecular Hbond substituents is 1. The molecule has 3 N–H and O–H groups in total. The van der Waals surface area contributed by atoms with E-state index < -0.39 is 28.0 Å². The molecule has 10 heteroatoms. The summed E-state index contributed by atoms with van der Waals surface area (Å²) in [5, 5.41) is 36.3. The second kappa shape index (κ2) is 8.86. The van der Waals surface area contributed by atoms with Crippen molar-refractivity contribution >= 4 is 21.6 Å². The smallest absolute Gasteiger partial charge is 0.243 e. The summed E-state index contributed by atoms with van der Waals surface area (Å²) >= 11 is 5.71. The molecule has 0 aliphatic carbocycles. The van der Waals surface area contributed by atoms with Crippen LogP contribution in [0.25, 0.3) is 0 Å². The summed E-state index contributed by atoms with van der Waals surface area (Å²) in [6.45, 7) is -0.337. The second-order valence-electron chi connectivity index (χ2n) is 6.20. The zero-order valence-corrected chi connectivity index (χ0v) is 16.2. The van der Waals surface area contributed by atoms with Crippen LogP contribution in [0.3, 0.4) is 0 Å². The average molecular weight is 429 g/mol. The lowest BCUT2D eigenvalue weighted by molar-refractivity contribution is -0.000734. The normalized spacial score (nSPS) is 19.5. The van der Waals surface area contributed by atoms with Crippen LogP contribution in [-0.2, 0) is 10.0 Å². The minimum atomic E-state index is -3.63. The third-order valence-corrected chi connectivity index (χ3v) is 6.23. The summed E-state index contributed by atoms with van der Waals surface area (Å²) in [7, 11) is -3.63. The Hall–Kier alpha value is -2.22. The molecular formula is C18H18ClFN2O5S. The van der Waals surface area contributed by atoms with Crippen molar-refractivity contribution in [2.75, 3.05) is 19.7 Å². The molecule has 1 fully saturated rings. The fourth-order valence-corrected chi connectivity index (χ4v) is 4.15. The van der Waals surface area contributed by atoms with E-state index in [0.717, 1.165) is 6.07 Å². The summed E-state index contributed by atoms with van der Waals surface area (Å²) in [5.41, 5.74) is -1.39. The highest BCUT2D eigenvalue weighted by molar-refractivity contribution is 7.89. The molecule has 0 spiro atoms. The van der Waals surface area contributed by atoms with Gasteiger partial charge in [0.05, 0.1) is 17.1 Å². The van der Waals surface area contributed by atoms with E-state index in [1.54, 1.807) is 6.07 Å². The molecule has 1 heterocycles. The van der Waals surface area contributed by atoms with Crippen molar-refractivity contribution in [1.29, 1.82) is 5.26 Å². The van der Waals surface area contributed by atoms with Gasteiger partial charge in [-0.3, -0.25) is 0 Å². The maximum Gasteiger partial charge on any atom is 0.243 e. The van der Waals surface area contributed by atoms with Crippen molar-refractivity contribution in [3.8, 4) is 11.8 Å². The molecule has 2 aromatic carbocycles. The third-order valence-electron chi connectivity index (χ3n) is 4.12. The fraction of sp³-hybridized carbons (Fsp3) is 0.278. The first kappa shape index (κ1) is 22.1. The summed E-state index contributed by atoms with van der Waals surface area (Å²) in [6, 6.07) is 10.9. The molecule has 1 aliphatic heterocycles. The number of aliphatic hydroxyl groups excluding tert-OH is 1. The summed E-state index contributed by atoms with van der Waals surface area (Å²) in [6.07, 6.45) is 0.232. The van der Waals surface area contributed by atoms with E-state index >= 15 is 0 Å². The Morgan fingerprint density at radius 2 is 1.89 bits per heavy atom. The number of hydrogen-bond donors (Lipinski definition) is 3. The number of nitrogens with zero attached hydrogens (tertiary/aromatic N) is 2. The molecule has 1 saturated heterocycles. The standard InChI is InChI=1S/C11H14ClNO4S.C7H4FNO/c12-9-1-3-10(4-2-9)18(16,17)13-6-5-11(15,7-13)8-14;8-7-3-6(10)2-1-5(7)4-9/h1-4,14-15H,5-8H2;1-3,10H. The molecule has 0 aromatic heterocycles. The molecule has 7 nitrogen and oxygen atoms in total. The highest BCUT2D eigenvalue weighted by Gasteiger charge is 2.41. The lowest BCUT2D eigenvalue weighted by Crippen LogP contribution is -2.38. The maximum atomic E-state index is 12.5. The molecule has 2 aromatic rings. The zero-order chi connectivity index (χ0) is 20.9. The van der Waals surface area contributed by atoms with Crippen molar-refractivity contribution in [2.45, 2.75) is 16.9 Å². The summed E-state index contributed by atoms with van der Waals surface area (Å²) in [4.78, 5) is 0.133. The Bertz CT molecular complexity index is 978. The minimum absolute atomic E-state index is 0.0576. The van der Waals surface area contributed by atoms with Gasteiger partial charge >= 0.3 is 0 Å². The van der Waals surface area contributed by atoms with Crippen LogP contribution in [0, 0.1) is 17.1 Å². The van der Waals surface area contributed by atoms with Crippen LogP contribution in [0.4, 0.5) is 4.39 Å². The first-order valence-electron chi connectivity index (χ1n) is 8.09. The largest absolute Gasteiger partial charge is 0.508 e. The fourth-order valence-electron chi connectivity index (χ4n) is 2.50. The van der Waals surface area contributed by atoms with Gasteiger partial charge in [-0.25, -0.2) is 12.8 Å². The Balaban J connectivity index is 0.000000237. The SMILES string of the molecule is N#Cc1ccc(O)cc1F.O=S(=O)(c1ccc(Cl)cc1)N1CCC(O)(CO)C1. The number of halogens is 2. The first-order chi connectivity index (χ1) is 13.1. The van der Waals surface area contributed by atoms with E-state index in [2.05, 4.69) is 0 Å². The molecule has 1 unspecified atom stereocenters. The van der Waals surface area contributed by atoms with Crippen molar-refractivity contribution in [3.05, 3.63) is 58.9 Å². The number of rotatable bonds is 3. The zero-order valence-electron chi connectivity index (χ0n) is 14.6. The van der Waals surface area contributed by atoms with Gasteiger partial charge in [0.1, 0.15) is 23.2 Å². The van der Waals surface area contributed by atoms with Gasteiger partial charge in [-0.05, 0) is 42.8 Å². The first-order valence-corrected chi connectivity index (χ1v) is 9.91. The Labute approximate surface area is 166 Å². The van der Waals surface area contributed by atoms with Gasteiger partial charge in [0, 0.05) is 24.2 Å². The van der Waals surface area contributed by atoms with Crippen LogP contribution in [0.2, 0.25) is 5.02 Å². The number of phenols is 1. The van der Waals surface area contributed by atoms with Gasteiger partial charge in [-0.2, -0.15) is 9.57 Å². The average Bonchev–Trinajstić information content (AvgIpc) is 3.07. The van der Waals surface area contributed by atoms with E-state index in [0.29, 0.717) is 5.02 Å². The number of nitriles is 1. The molecular weight excluding hydrogens is 411 g/mol. The highest BCUT2D eigenvalue weighted by atomic mass is 35.5. The molecule has 0 amide bonds. The lowest BCUT2D eigenvalue weighted by Gasteiger charge is -2.20. The van der Waals surface area contributed by atoms with Gasteiger partial charge < -0.3 is 15.3 Å². The van der Waals surface area contributed by atoms with E-state index in [4.69, 9.17) is 27.1 Å². The molecule has 3 rings (SSSR count). The highest BCUT2D eigenvalue weighted by Crippen LogP contribution is 2.27. The molecule has 0 radical (unpaired) electrons. The van der Waals surface area contributed by atoms with Crippen LogP contribution >= 0.6 is 11.6 Å². The van der Waals surface area contributed by atoms with E-state index in [9.17, 15) is 17.9 Å².